The second kappa shape index (κ2) is 10.5. The molecule has 1 aromatic heterocycles. The second-order valence-electron chi connectivity index (χ2n) is 7.52. The van der Waals surface area contributed by atoms with Crippen LogP contribution < -0.4 is 15.2 Å². The van der Waals surface area contributed by atoms with Gasteiger partial charge in [-0.15, -0.1) is 0 Å². The Balaban J connectivity index is 1.89. The van der Waals surface area contributed by atoms with Crippen LogP contribution in [0.15, 0.2) is 64.4 Å². The Labute approximate surface area is 193 Å². The molecule has 0 spiro atoms. The standard InChI is InChI=1S/C24H28N2O6S/c1-18-6-9-21(10-7-18)33(29,30)14-12-25-17-20(5-4-13-27)26(24(25)28)16-19-8-11-22(31-2)23(15-19)32-3/h4-11,15,17,27H,12-14,16H2,1-3H3/b5-4-. The van der Waals surface area contributed by atoms with Gasteiger partial charge in [0.2, 0.25) is 0 Å². The number of aryl methyl sites for hydroxylation is 2. The summed E-state index contributed by atoms with van der Waals surface area (Å²) < 4.78 is 38.9. The van der Waals surface area contributed by atoms with Crippen molar-refractivity contribution in [2.45, 2.75) is 24.9 Å². The van der Waals surface area contributed by atoms with Crippen LogP contribution in [0.1, 0.15) is 16.8 Å². The lowest BCUT2D eigenvalue weighted by atomic mass is 10.2. The SMILES string of the molecule is COc1ccc(Cn2c(/C=C\CO)cn(CCS(=O)(=O)c3ccc(C)cc3)c2=O)cc1OC. The largest absolute Gasteiger partial charge is 0.493 e. The minimum absolute atomic E-state index is 0.00788. The molecule has 0 saturated heterocycles. The Hall–Kier alpha value is -3.30. The molecular formula is C24H28N2O6S. The lowest BCUT2D eigenvalue weighted by molar-refractivity contribution is 0.343. The van der Waals surface area contributed by atoms with Gasteiger partial charge in [0.25, 0.3) is 0 Å². The van der Waals surface area contributed by atoms with E-state index in [9.17, 15) is 18.3 Å². The minimum atomic E-state index is -3.55. The van der Waals surface area contributed by atoms with Crippen molar-refractivity contribution in [3.63, 3.8) is 0 Å². The van der Waals surface area contributed by atoms with E-state index >= 15 is 0 Å². The number of hydrogen-bond acceptors (Lipinski definition) is 6. The number of hydrogen-bond donors (Lipinski definition) is 1. The molecule has 0 aliphatic heterocycles. The summed E-state index contributed by atoms with van der Waals surface area (Å²) in [6.07, 6.45) is 4.75. The molecule has 0 fully saturated rings. The predicted octanol–water partition coefficient (Wildman–Crippen LogP) is 2.50. The summed E-state index contributed by atoms with van der Waals surface area (Å²) in [7, 11) is -0.463. The quantitative estimate of drug-likeness (QED) is 0.487. The first kappa shape index (κ1) is 24.3. The van der Waals surface area contributed by atoms with Crippen molar-refractivity contribution in [3.8, 4) is 11.5 Å². The van der Waals surface area contributed by atoms with E-state index < -0.39 is 9.84 Å². The molecule has 9 heteroatoms. The summed E-state index contributed by atoms with van der Waals surface area (Å²) in [4.78, 5) is 13.3. The van der Waals surface area contributed by atoms with Crippen molar-refractivity contribution in [2.24, 2.45) is 0 Å². The molecule has 0 saturated carbocycles. The number of rotatable bonds is 10. The summed E-state index contributed by atoms with van der Waals surface area (Å²) in [5.41, 5.74) is 1.98. The highest BCUT2D eigenvalue weighted by atomic mass is 32.2. The van der Waals surface area contributed by atoms with Crippen molar-refractivity contribution in [3.05, 3.63) is 82.0 Å². The zero-order valence-corrected chi connectivity index (χ0v) is 19.7. The Morgan fingerprint density at radius 3 is 2.36 bits per heavy atom. The summed E-state index contributed by atoms with van der Waals surface area (Å²) in [6.45, 7) is 1.95. The van der Waals surface area contributed by atoms with Crippen LogP contribution >= 0.6 is 0 Å². The van der Waals surface area contributed by atoms with Gasteiger partial charge in [-0.2, -0.15) is 0 Å². The monoisotopic (exact) mass is 472 g/mol. The molecule has 0 aliphatic carbocycles. The van der Waals surface area contributed by atoms with E-state index in [-0.39, 0.29) is 36.0 Å². The first-order valence-electron chi connectivity index (χ1n) is 10.4. The highest BCUT2D eigenvalue weighted by Crippen LogP contribution is 2.28. The zero-order valence-electron chi connectivity index (χ0n) is 18.9. The number of sulfone groups is 1. The normalized spacial score (nSPS) is 11.8. The van der Waals surface area contributed by atoms with Crippen molar-refractivity contribution >= 4 is 15.9 Å². The van der Waals surface area contributed by atoms with Gasteiger partial charge in [0.1, 0.15) is 0 Å². The maximum Gasteiger partial charge on any atom is 0.328 e. The third kappa shape index (κ3) is 5.74. The second-order valence-corrected chi connectivity index (χ2v) is 9.63. The molecule has 8 nitrogen and oxygen atoms in total. The maximum atomic E-state index is 13.1. The van der Waals surface area contributed by atoms with E-state index in [0.717, 1.165) is 11.1 Å². The van der Waals surface area contributed by atoms with Crippen molar-refractivity contribution in [1.29, 1.82) is 0 Å². The van der Waals surface area contributed by atoms with Crippen LogP contribution in [-0.4, -0.2) is 49.2 Å². The van der Waals surface area contributed by atoms with Gasteiger partial charge in [-0.25, -0.2) is 13.2 Å². The number of methoxy groups -OCH3 is 2. The van der Waals surface area contributed by atoms with Gasteiger partial charge in [-0.05, 0) is 42.8 Å². The van der Waals surface area contributed by atoms with Gasteiger partial charge in [-0.3, -0.25) is 9.13 Å². The van der Waals surface area contributed by atoms with E-state index in [4.69, 9.17) is 9.47 Å². The summed E-state index contributed by atoms with van der Waals surface area (Å²) in [6, 6.07) is 12.0. The number of aliphatic hydroxyl groups excluding tert-OH is 1. The molecule has 33 heavy (non-hydrogen) atoms. The Morgan fingerprint density at radius 1 is 1.03 bits per heavy atom. The molecule has 1 N–H and O–H groups in total. The van der Waals surface area contributed by atoms with Crippen molar-refractivity contribution in [1.82, 2.24) is 9.13 Å². The molecule has 0 aliphatic rings. The van der Waals surface area contributed by atoms with E-state index in [2.05, 4.69) is 0 Å². The number of aliphatic hydroxyl groups is 1. The van der Waals surface area contributed by atoms with E-state index in [1.54, 1.807) is 55.8 Å². The molecule has 176 valence electrons. The molecule has 0 unspecified atom stereocenters. The third-order valence-corrected chi connectivity index (χ3v) is 6.95. The smallest absolute Gasteiger partial charge is 0.328 e. The predicted molar refractivity (Wildman–Crippen MR) is 127 cm³/mol. The van der Waals surface area contributed by atoms with E-state index in [1.165, 1.54) is 22.3 Å². The Kier molecular flexibility index (Phi) is 7.78. The van der Waals surface area contributed by atoms with E-state index in [0.29, 0.717) is 17.2 Å². The van der Waals surface area contributed by atoms with Crippen LogP contribution in [-0.2, 0) is 22.9 Å². The summed E-state index contributed by atoms with van der Waals surface area (Å²) in [5, 5.41) is 9.18. The highest BCUT2D eigenvalue weighted by molar-refractivity contribution is 7.91. The van der Waals surface area contributed by atoms with Crippen LogP contribution in [0.5, 0.6) is 11.5 Å². The lowest BCUT2D eigenvalue weighted by Crippen LogP contribution is -2.27. The molecule has 2 aromatic carbocycles. The number of benzene rings is 2. The van der Waals surface area contributed by atoms with Gasteiger partial charge in [-0.1, -0.05) is 29.8 Å². The van der Waals surface area contributed by atoms with Crippen LogP contribution in [0.25, 0.3) is 6.08 Å². The summed E-state index contributed by atoms with van der Waals surface area (Å²) >= 11 is 0. The fourth-order valence-electron chi connectivity index (χ4n) is 3.42. The van der Waals surface area contributed by atoms with Crippen molar-refractivity contribution < 1.29 is 23.0 Å². The molecule has 3 rings (SSSR count). The van der Waals surface area contributed by atoms with Gasteiger partial charge < -0.3 is 14.6 Å². The molecule has 0 atom stereocenters. The first-order valence-corrected chi connectivity index (χ1v) is 12.0. The van der Waals surface area contributed by atoms with Crippen LogP contribution in [0, 0.1) is 6.92 Å². The maximum absolute atomic E-state index is 13.1. The lowest BCUT2D eigenvalue weighted by Gasteiger charge is -2.10. The molecule has 0 radical (unpaired) electrons. The molecule has 0 bridgehead atoms. The first-order chi connectivity index (χ1) is 15.8. The van der Waals surface area contributed by atoms with Crippen LogP contribution in [0.3, 0.4) is 0 Å². The van der Waals surface area contributed by atoms with Crippen molar-refractivity contribution in [2.75, 3.05) is 26.6 Å². The van der Waals surface area contributed by atoms with E-state index in [1.807, 2.05) is 13.0 Å². The number of aromatic nitrogens is 2. The zero-order chi connectivity index (χ0) is 24.0. The molecule has 0 amide bonds. The number of ether oxygens (including phenoxy) is 2. The Bertz CT molecular complexity index is 1290. The highest BCUT2D eigenvalue weighted by Gasteiger charge is 2.17. The van der Waals surface area contributed by atoms with Gasteiger partial charge in [0, 0.05) is 12.7 Å². The molecule has 1 heterocycles. The van der Waals surface area contributed by atoms with Gasteiger partial charge in [0.05, 0.1) is 43.7 Å². The topological polar surface area (TPSA) is 99.8 Å². The molecule has 3 aromatic rings. The van der Waals surface area contributed by atoms with Gasteiger partial charge >= 0.3 is 5.69 Å². The van der Waals surface area contributed by atoms with Gasteiger partial charge in [0.15, 0.2) is 21.3 Å². The number of imidazole rings is 1. The average molecular weight is 473 g/mol. The summed E-state index contributed by atoms with van der Waals surface area (Å²) in [5.74, 6) is 0.909. The average Bonchev–Trinajstić information content (AvgIpc) is 3.10. The fourth-order valence-corrected chi connectivity index (χ4v) is 4.64. The minimum Gasteiger partial charge on any atom is -0.493 e. The Morgan fingerprint density at radius 2 is 1.73 bits per heavy atom. The fraction of sp³-hybridized carbons (Fsp3) is 0.292. The third-order valence-electron chi connectivity index (χ3n) is 5.24. The van der Waals surface area contributed by atoms with Crippen LogP contribution in [0.4, 0.5) is 0 Å². The molecular weight excluding hydrogens is 444 g/mol. The van der Waals surface area contributed by atoms with Crippen LogP contribution in [0.2, 0.25) is 0 Å². The number of nitrogens with zero attached hydrogens (tertiary/aromatic N) is 2.